The molecule has 9 aromatic rings. The van der Waals surface area contributed by atoms with Gasteiger partial charge in [0.2, 0.25) is 19.4 Å². The number of nitrogens with zero attached hydrogens (tertiary/aromatic N) is 4. The van der Waals surface area contributed by atoms with Gasteiger partial charge in [-0.3, -0.25) is 0 Å². The third-order valence-corrected chi connectivity index (χ3v) is 15.9. The Balaban J connectivity index is 0.00000210. The molecule has 13 rings (SSSR count). The zero-order valence-corrected chi connectivity index (χ0v) is 39.8. The Hall–Kier alpha value is -4.07. The normalized spacial score (nSPS) is 13.5. The number of furan rings is 1. The molecule has 0 unspecified atom stereocenters. The van der Waals surface area contributed by atoms with Crippen molar-refractivity contribution < 1.29 is 55.7 Å². The number of benzene rings is 6. The molecule has 13 heteroatoms. The minimum Gasteiger partial charge on any atom is -0.631 e. The van der Waals surface area contributed by atoms with Gasteiger partial charge in [-0.05, 0) is 54.8 Å². The van der Waals surface area contributed by atoms with Gasteiger partial charge >= 0.3 is 42.1 Å². The molecule has 3 aromatic heterocycles. The van der Waals surface area contributed by atoms with Crippen LogP contribution in [0.25, 0.3) is 33.8 Å². The third kappa shape index (κ3) is 6.44. The van der Waals surface area contributed by atoms with Crippen LogP contribution in [0.1, 0.15) is 0 Å². The van der Waals surface area contributed by atoms with Crippen molar-refractivity contribution >= 4 is 93.2 Å². The van der Waals surface area contributed by atoms with E-state index in [-0.39, 0.29) is 55.6 Å². The maximum absolute atomic E-state index is 6.24. The van der Waals surface area contributed by atoms with E-state index < -0.39 is 0 Å². The van der Waals surface area contributed by atoms with Crippen molar-refractivity contribution in [1.82, 2.24) is 9.13 Å². The summed E-state index contributed by atoms with van der Waals surface area (Å²) in [6.07, 6.45) is 17.9. The van der Waals surface area contributed by atoms with Gasteiger partial charge in [0.1, 0.15) is 0 Å². The molecule has 0 saturated heterocycles. The zero-order valence-electron chi connectivity index (χ0n) is 32.0. The molecule has 290 valence electrons. The molecule has 0 amide bonds. The minimum atomic E-state index is -0.0254. The van der Waals surface area contributed by atoms with Crippen molar-refractivity contribution in [2.75, 3.05) is 0 Å². The van der Waals surface area contributed by atoms with E-state index in [1.165, 1.54) is 50.1 Å². The Morgan fingerprint density at radius 1 is 0.492 bits per heavy atom. The maximum Gasteiger partial charge on any atom is 4.00 e. The van der Waals surface area contributed by atoms with Gasteiger partial charge in [-0.1, -0.05) is 39.1 Å². The first-order valence-electron chi connectivity index (χ1n) is 19.1. The molecule has 61 heavy (non-hydrogen) atoms. The quantitative estimate of drug-likeness (QED) is 0.139. The molecule has 6 aromatic carbocycles. The SMILES string of the molecule is C[n+]1[c-]n(-c2[c-]c3c(cc2)Sc2cccc4c2B3c2[c-]c(-c3[c-]oc(-c5[c-]c6c(cc5)Sc5cccc7c5B6c5[c-]c(-n6[c-][n+](C)cc6)ccc5S7)[c-]3)ccc2S4)cc1.[Pt+4].[Pt+4]. The van der Waals surface area contributed by atoms with E-state index in [4.69, 9.17) is 4.42 Å². The van der Waals surface area contributed by atoms with E-state index in [2.05, 4.69) is 134 Å². The number of hydrogen-bond acceptors (Lipinski definition) is 5. The first-order valence-corrected chi connectivity index (χ1v) is 22.4. The summed E-state index contributed by atoms with van der Waals surface area (Å²) in [5, 5.41) is 0. The van der Waals surface area contributed by atoms with E-state index in [0.717, 1.165) is 49.9 Å². The van der Waals surface area contributed by atoms with Crippen LogP contribution in [0.3, 0.4) is 0 Å². The van der Waals surface area contributed by atoms with Gasteiger partial charge in [-0.2, -0.15) is 76.3 Å². The number of fused-ring (bicyclic) bond motifs is 8. The van der Waals surface area contributed by atoms with Crippen molar-refractivity contribution in [1.29, 1.82) is 0 Å². The van der Waals surface area contributed by atoms with Crippen LogP contribution in [-0.4, -0.2) is 22.6 Å². The van der Waals surface area contributed by atoms with Gasteiger partial charge in [-0.15, -0.1) is 74.9 Å². The minimum absolute atomic E-state index is 0. The van der Waals surface area contributed by atoms with Gasteiger partial charge < -0.3 is 39.9 Å². The van der Waals surface area contributed by atoms with Crippen LogP contribution in [0, 0.1) is 49.2 Å². The summed E-state index contributed by atoms with van der Waals surface area (Å²) in [4.78, 5) is 9.90. The number of hydrogen-bond donors (Lipinski definition) is 0. The second-order valence-corrected chi connectivity index (χ2v) is 19.3. The summed E-state index contributed by atoms with van der Waals surface area (Å²) in [7, 11) is 3.97. The summed E-state index contributed by atoms with van der Waals surface area (Å²) in [5.41, 5.74) is 11.6. The average Bonchev–Trinajstić information content (AvgIpc) is 4.05. The topological polar surface area (TPSA) is 30.8 Å². The largest absolute Gasteiger partial charge is 4.00 e. The fourth-order valence-corrected chi connectivity index (χ4v) is 13.3. The fraction of sp³-hybridized carbons (Fsp3) is 0.0417. The molecule has 0 spiro atoms. The Morgan fingerprint density at radius 2 is 0.918 bits per heavy atom. The van der Waals surface area contributed by atoms with Gasteiger partial charge in [0.15, 0.2) is 6.71 Å². The molecule has 7 heterocycles. The molecule has 0 bridgehead atoms. The summed E-state index contributed by atoms with van der Waals surface area (Å²) in [6, 6.07) is 49.5. The van der Waals surface area contributed by atoms with E-state index in [0.29, 0.717) is 5.76 Å². The van der Waals surface area contributed by atoms with Crippen LogP contribution in [0.2, 0.25) is 0 Å². The summed E-state index contributed by atoms with van der Waals surface area (Å²) in [6.45, 7) is -0.0434. The Morgan fingerprint density at radius 3 is 1.38 bits per heavy atom. The standard InChI is InChI=1S/C48H24B2N4OS4.2Pt/c1-51-17-19-53(27-51)32-11-15-41-36(24-32)49-34-21-29(9-13-39(34)56-43-5-3-7-45(58-41)47(43)49)31-23-38(55-26-31)30-10-14-40-35(22-30)50-37-25-33(54-20-18-52(2)28-54)12-16-42(37)59-46-8-4-6-44(57-40)48(46)50;;/h3-20H,1-2H3;;/q-6;2*+4. The van der Waals surface area contributed by atoms with Gasteiger partial charge in [0, 0.05) is 24.8 Å². The number of rotatable bonds is 4. The van der Waals surface area contributed by atoms with Crippen molar-refractivity contribution in [3.63, 3.8) is 0 Å². The molecular weight excluding hydrogens is 1190 g/mol. The molecule has 4 aliphatic heterocycles. The predicted octanol–water partition coefficient (Wildman–Crippen LogP) is 5.13. The van der Waals surface area contributed by atoms with Crippen LogP contribution in [0.5, 0.6) is 0 Å². The Labute approximate surface area is 400 Å². The number of aromatic nitrogens is 4. The van der Waals surface area contributed by atoms with Crippen LogP contribution in [0.4, 0.5) is 0 Å². The predicted molar refractivity (Wildman–Crippen MR) is 233 cm³/mol. The Kier molecular flexibility index (Phi) is 9.99. The molecular formula is C48H24B2N4OPt2S4+2. The molecule has 5 nitrogen and oxygen atoms in total. The van der Waals surface area contributed by atoms with Gasteiger partial charge in [-0.25, -0.2) is 12.1 Å². The van der Waals surface area contributed by atoms with Crippen LogP contribution >= 0.6 is 47.0 Å². The monoisotopic (exact) mass is 1210 g/mol. The molecule has 0 radical (unpaired) electrons. The van der Waals surface area contributed by atoms with Crippen molar-refractivity contribution in [3.05, 3.63) is 159 Å². The number of imidazole rings is 2. The van der Waals surface area contributed by atoms with E-state index >= 15 is 0 Å². The van der Waals surface area contributed by atoms with Crippen molar-refractivity contribution in [3.8, 4) is 33.8 Å². The van der Waals surface area contributed by atoms with E-state index in [1.807, 2.05) is 104 Å². The fourth-order valence-electron chi connectivity index (χ4n) is 8.64. The second kappa shape index (κ2) is 15.3. The van der Waals surface area contributed by atoms with Gasteiger partial charge in [0.25, 0.3) is 0 Å². The first-order chi connectivity index (χ1) is 29.0. The smallest absolute Gasteiger partial charge is 0.631 e. The Bertz CT molecular complexity index is 3030. The van der Waals surface area contributed by atoms with Gasteiger partial charge in [0.05, 0.1) is 14.1 Å². The van der Waals surface area contributed by atoms with Crippen molar-refractivity contribution in [2.45, 2.75) is 39.2 Å². The summed E-state index contributed by atoms with van der Waals surface area (Å²) < 4.78 is 14.1. The van der Waals surface area contributed by atoms with Crippen LogP contribution in [0.15, 0.2) is 153 Å². The molecule has 0 saturated carbocycles. The second-order valence-electron chi connectivity index (χ2n) is 14.9. The molecule has 4 aliphatic rings. The molecule has 0 fully saturated rings. The molecule has 0 atom stereocenters. The number of aryl methyl sites for hydroxylation is 2. The molecule has 0 aliphatic carbocycles. The first kappa shape index (κ1) is 39.8. The summed E-state index contributed by atoms with van der Waals surface area (Å²) >= 11 is 7.26. The van der Waals surface area contributed by atoms with Crippen molar-refractivity contribution in [2.24, 2.45) is 14.1 Å². The summed E-state index contributed by atoms with van der Waals surface area (Å²) in [5.74, 6) is 0.603. The van der Waals surface area contributed by atoms with E-state index in [1.54, 1.807) is 0 Å². The molecule has 0 N–H and O–H groups in total. The maximum atomic E-state index is 6.24. The average molecular weight is 1210 g/mol. The third-order valence-electron chi connectivity index (χ3n) is 11.3. The zero-order chi connectivity index (χ0) is 38.9. The van der Waals surface area contributed by atoms with E-state index in [9.17, 15) is 0 Å². The van der Waals surface area contributed by atoms with Crippen LogP contribution in [-0.2, 0) is 56.2 Å². The van der Waals surface area contributed by atoms with Crippen LogP contribution < -0.4 is 41.9 Å².